The average Bonchev–Trinajstić information content (AvgIpc) is 2.96. The van der Waals surface area contributed by atoms with Gasteiger partial charge in [0.15, 0.2) is 5.65 Å². The van der Waals surface area contributed by atoms with Gasteiger partial charge in [0.25, 0.3) is 5.82 Å². The zero-order valence-corrected chi connectivity index (χ0v) is 12.5. The molecule has 10 heteroatoms. The van der Waals surface area contributed by atoms with Crippen LogP contribution in [0.1, 0.15) is 12.2 Å². The molecule has 7 nitrogen and oxygen atoms in total. The Kier molecular flexibility index (Phi) is 4.35. The third-order valence-corrected chi connectivity index (χ3v) is 3.68. The van der Waals surface area contributed by atoms with Crippen molar-refractivity contribution in [1.82, 2.24) is 19.8 Å². The zero-order chi connectivity index (χ0) is 16.4. The van der Waals surface area contributed by atoms with E-state index in [2.05, 4.69) is 15.3 Å². The van der Waals surface area contributed by atoms with Gasteiger partial charge >= 0.3 is 6.18 Å². The summed E-state index contributed by atoms with van der Waals surface area (Å²) in [5.41, 5.74) is 0.0581. The van der Waals surface area contributed by atoms with Gasteiger partial charge in [0.05, 0.1) is 19.3 Å². The van der Waals surface area contributed by atoms with Crippen LogP contribution in [0.4, 0.5) is 19.0 Å². The summed E-state index contributed by atoms with van der Waals surface area (Å²) in [5.74, 6) is -0.691. The van der Waals surface area contributed by atoms with Crippen LogP contribution in [0.25, 0.3) is 5.65 Å². The highest BCUT2D eigenvalue weighted by atomic mass is 19.4. The molecule has 1 atom stereocenters. The van der Waals surface area contributed by atoms with Crippen molar-refractivity contribution in [2.24, 2.45) is 0 Å². The number of hydrogen-bond donors (Lipinski definition) is 0. The summed E-state index contributed by atoms with van der Waals surface area (Å²) in [5, 5.41) is 10.8. The molecule has 2 aromatic heterocycles. The maximum atomic E-state index is 13.0. The van der Waals surface area contributed by atoms with Crippen molar-refractivity contribution in [2.75, 3.05) is 38.4 Å². The molecule has 0 bridgehead atoms. The third kappa shape index (κ3) is 3.22. The number of alkyl halides is 3. The number of rotatable bonds is 4. The molecular weight excluding hydrogens is 315 g/mol. The van der Waals surface area contributed by atoms with E-state index >= 15 is 0 Å². The van der Waals surface area contributed by atoms with E-state index in [1.54, 1.807) is 13.2 Å². The van der Waals surface area contributed by atoms with E-state index in [1.165, 1.54) is 6.07 Å². The maximum absolute atomic E-state index is 13.0. The molecule has 0 N–H and O–H groups in total. The highest BCUT2D eigenvalue weighted by molar-refractivity contribution is 5.47. The monoisotopic (exact) mass is 331 g/mol. The number of morpholine rings is 1. The lowest BCUT2D eigenvalue weighted by molar-refractivity contribution is -0.146. The van der Waals surface area contributed by atoms with Crippen LogP contribution in [-0.4, -0.2) is 59.3 Å². The molecule has 23 heavy (non-hydrogen) atoms. The van der Waals surface area contributed by atoms with Crippen LogP contribution in [0.3, 0.4) is 0 Å². The number of ether oxygens (including phenoxy) is 2. The van der Waals surface area contributed by atoms with E-state index in [0.29, 0.717) is 38.6 Å². The fourth-order valence-electron chi connectivity index (χ4n) is 2.56. The number of hydrogen-bond acceptors (Lipinski definition) is 6. The van der Waals surface area contributed by atoms with Gasteiger partial charge in [0, 0.05) is 20.3 Å². The number of halogens is 3. The van der Waals surface area contributed by atoms with Crippen LogP contribution >= 0.6 is 0 Å². The molecule has 1 aliphatic rings. The Morgan fingerprint density at radius 1 is 1.35 bits per heavy atom. The molecule has 126 valence electrons. The maximum Gasteiger partial charge on any atom is 0.453 e. The van der Waals surface area contributed by atoms with Crippen LogP contribution < -0.4 is 4.90 Å². The number of methoxy groups -OCH3 is 1. The van der Waals surface area contributed by atoms with E-state index in [1.807, 2.05) is 4.90 Å². The van der Waals surface area contributed by atoms with Crippen LogP contribution in [0.5, 0.6) is 0 Å². The van der Waals surface area contributed by atoms with Crippen LogP contribution in [0.15, 0.2) is 12.1 Å². The summed E-state index contributed by atoms with van der Waals surface area (Å²) in [6.07, 6.45) is -3.91. The molecule has 0 radical (unpaired) electrons. The minimum absolute atomic E-state index is 0.000493. The molecule has 1 aliphatic heterocycles. The number of fused-ring (bicyclic) bond motifs is 1. The van der Waals surface area contributed by atoms with Crippen LogP contribution in [0.2, 0.25) is 0 Å². The molecule has 0 saturated carbocycles. The first-order chi connectivity index (χ1) is 11.0. The zero-order valence-electron chi connectivity index (χ0n) is 12.5. The largest absolute Gasteiger partial charge is 0.453 e. The third-order valence-electron chi connectivity index (χ3n) is 3.68. The van der Waals surface area contributed by atoms with Gasteiger partial charge < -0.3 is 14.4 Å². The quantitative estimate of drug-likeness (QED) is 0.843. The molecule has 3 heterocycles. The molecule has 1 fully saturated rings. The van der Waals surface area contributed by atoms with E-state index in [4.69, 9.17) is 9.47 Å². The van der Waals surface area contributed by atoms with Crippen molar-refractivity contribution in [3.8, 4) is 0 Å². The Labute approximate surface area is 130 Å². The predicted octanol–water partition coefficient (Wildman–Crippen LogP) is 1.38. The summed E-state index contributed by atoms with van der Waals surface area (Å²) >= 11 is 0. The van der Waals surface area contributed by atoms with Crippen LogP contribution in [0, 0.1) is 0 Å². The van der Waals surface area contributed by atoms with Gasteiger partial charge in [-0.25, -0.2) is 0 Å². The van der Waals surface area contributed by atoms with E-state index < -0.39 is 12.0 Å². The molecule has 0 amide bonds. The van der Waals surface area contributed by atoms with E-state index in [0.717, 1.165) is 4.52 Å². The summed E-state index contributed by atoms with van der Waals surface area (Å²) in [4.78, 5) is 1.93. The molecule has 0 aliphatic carbocycles. The lowest BCUT2D eigenvalue weighted by Gasteiger charge is -2.36. The van der Waals surface area contributed by atoms with Gasteiger partial charge in [-0.3, -0.25) is 0 Å². The molecule has 3 rings (SSSR count). The highest BCUT2D eigenvalue weighted by Crippen LogP contribution is 2.28. The second-order valence-electron chi connectivity index (χ2n) is 5.19. The highest BCUT2D eigenvalue weighted by Gasteiger charge is 2.38. The first-order valence-electron chi connectivity index (χ1n) is 7.13. The van der Waals surface area contributed by atoms with Crippen molar-refractivity contribution in [2.45, 2.75) is 18.6 Å². The average molecular weight is 331 g/mol. The standard InChI is InChI=1S/C13H16F3N5O2/c1-22-6-4-9-8-23-7-5-20(9)11-3-2-10-17-18-12(13(14,15)16)21(10)19-11/h2-3,9H,4-8H2,1H3. The minimum Gasteiger partial charge on any atom is -0.385 e. The van der Waals surface area contributed by atoms with E-state index in [9.17, 15) is 13.2 Å². The Bertz CT molecular complexity index is 675. The SMILES string of the molecule is COCCC1COCCN1c1ccc2nnc(C(F)(F)F)n2n1. The van der Waals surface area contributed by atoms with Crippen molar-refractivity contribution < 1.29 is 22.6 Å². The normalized spacial score (nSPS) is 19.5. The first kappa shape index (κ1) is 15.9. The Morgan fingerprint density at radius 3 is 2.91 bits per heavy atom. The van der Waals surface area contributed by atoms with Crippen molar-refractivity contribution in [3.05, 3.63) is 18.0 Å². The fourth-order valence-corrected chi connectivity index (χ4v) is 2.56. The summed E-state index contributed by atoms with van der Waals surface area (Å²) in [6.45, 7) is 2.07. The lowest BCUT2D eigenvalue weighted by atomic mass is 10.1. The Morgan fingerprint density at radius 2 is 2.17 bits per heavy atom. The van der Waals surface area contributed by atoms with Gasteiger partial charge in [-0.15, -0.1) is 15.3 Å². The lowest BCUT2D eigenvalue weighted by Crippen LogP contribution is -2.46. The topological polar surface area (TPSA) is 64.8 Å². The number of aromatic nitrogens is 4. The van der Waals surface area contributed by atoms with Crippen molar-refractivity contribution >= 4 is 11.5 Å². The Balaban J connectivity index is 1.94. The second kappa shape index (κ2) is 6.28. The molecular formula is C13H16F3N5O2. The van der Waals surface area contributed by atoms with E-state index in [-0.39, 0.29) is 11.7 Å². The molecule has 2 aromatic rings. The van der Waals surface area contributed by atoms with Gasteiger partial charge in [-0.2, -0.15) is 17.7 Å². The summed E-state index contributed by atoms with van der Waals surface area (Å²) in [6, 6.07) is 3.13. The smallest absolute Gasteiger partial charge is 0.385 e. The number of nitrogens with zero attached hydrogens (tertiary/aromatic N) is 5. The fraction of sp³-hybridized carbons (Fsp3) is 0.615. The van der Waals surface area contributed by atoms with Crippen molar-refractivity contribution in [3.63, 3.8) is 0 Å². The molecule has 1 saturated heterocycles. The van der Waals surface area contributed by atoms with Crippen molar-refractivity contribution in [1.29, 1.82) is 0 Å². The predicted molar refractivity (Wildman–Crippen MR) is 74.2 cm³/mol. The second-order valence-corrected chi connectivity index (χ2v) is 5.19. The van der Waals surface area contributed by atoms with Crippen LogP contribution in [-0.2, 0) is 15.7 Å². The van der Waals surface area contributed by atoms with Gasteiger partial charge in [0.1, 0.15) is 5.82 Å². The summed E-state index contributed by atoms with van der Waals surface area (Å²) in [7, 11) is 1.60. The van der Waals surface area contributed by atoms with Gasteiger partial charge in [-0.05, 0) is 18.6 Å². The minimum atomic E-state index is -4.61. The Hall–Kier alpha value is -1.94. The van der Waals surface area contributed by atoms with Gasteiger partial charge in [0.2, 0.25) is 0 Å². The molecule has 1 unspecified atom stereocenters. The van der Waals surface area contributed by atoms with Gasteiger partial charge in [-0.1, -0.05) is 0 Å². The molecule has 0 aromatic carbocycles. The number of anilines is 1. The summed E-state index contributed by atoms with van der Waals surface area (Å²) < 4.78 is 50.1. The first-order valence-corrected chi connectivity index (χ1v) is 7.13. The molecule has 0 spiro atoms.